The van der Waals surface area contributed by atoms with Crippen LogP contribution < -0.4 is 15.3 Å². The van der Waals surface area contributed by atoms with Gasteiger partial charge in [-0.05, 0) is 24.4 Å². The topological polar surface area (TPSA) is 55.6 Å². The number of ether oxygens (including phenoxy) is 1. The average molecular weight is 350 g/mol. The van der Waals surface area contributed by atoms with E-state index in [1.54, 1.807) is 23.6 Å². The summed E-state index contributed by atoms with van der Waals surface area (Å²) < 4.78 is 11.6. The minimum absolute atomic E-state index is 0.314. The molecule has 0 N–H and O–H groups in total. The standard InChI is InChI=1S/C19H14N2O3S/c1-11-16-12(9-21(10-23-16)19-20-6-7-25-19)8-15-13-4-2-3-5-14(13)18(22)24-17(11)15/h2-8H,9-10H2,1H3. The second-order valence-electron chi connectivity index (χ2n) is 6.09. The Labute approximate surface area is 147 Å². The van der Waals surface area contributed by atoms with Crippen molar-refractivity contribution in [1.29, 1.82) is 0 Å². The van der Waals surface area contributed by atoms with Gasteiger partial charge in [0.05, 0.1) is 11.9 Å². The summed E-state index contributed by atoms with van der Waals surface area (Å²) in [5.74, 6) is 0.804. The lowest BCUT2D eigenvalue weighted by atomic mass is 10.00. The maximum absolute atomic E-state index is 12.3. The highest BCUT2D eigenvalue weighted by Crippen LogP contribution is 2.38. The van der Waals surface area contributed by atoms with Crippen molar-refractivity contribution >= 4 is 38.2 Å². The molecule has 124 valence electrons. The zero-order valence-corrected chi connectivity index (χ0v) is 14.3. The Morgan fingerprint density at radius 3 is 2.84 bits per heavy atom. The summed E-state index contributed by atoms with van der Waals surface area (Å²) in [4.78, 5) is 18.8. The fourth-order valence-corrected chi connectivity index (χ4v) is 4.07. The molecule has 1 aliphatic rings. The first kappa shape index (κ1) is 14.5. The molecular formula is C19H14N2O3S. The number of hydrogen-bond acceptors (Lipinski definition) is 6. The van der Waals surface area contributed by atoms with Gasteiger partial charge in [-0.3, -0.25) is 0 Å². The highest BCUT2D eigenvalue weighted by molar-refractivity contribution is 7.13. The average Bonchev–Trinajstić information content (AvgIpc) is 3.18. The normalized spacial score (nSPS) is 13.9. The van der Waals surface area contributed by atoms with E-state index in [1.165, 1.54) is 0 Å². The van der Waals surface area contributed by atoms with Crippen molar-refractivity contribution in [2.75, 3.05) is 11.6 Å². The molecule has 5 nitrogen and oxygen atoms in total. The van der Waals surface area contributed by atoms with Crippen LogP contribution in [-0.4, -0.2) is 11.7 Å². The maximum atomic E-state index is 12.3. The number of nitrogens with zero attached hydrogens (tertiary/aromatic N) is 2. The van der Waals surface area contributed by atoms with Gasteiger partial charge in [0.1, 0.15) is 11.3 Å². The Hall–Kier alpha value is -2.86. The Morgan fingerprint density at radius 1 is 1.20 bits per heavy atom. The molecule has 0 saturated carbocycles. The monoisotopic (exact) mass is 350 g/mol. The van der Waals surface area contributed by atoms with Gasteiger partial charge in [-0.1, -0.05) is 18.2 Å². The molecule has 25 heavy (non-hydrogen) atoms. The van der Waals surface area contributed by atoms with Crippen LogP contribution in [0.15, 0.2) is 51.1 Å². The van der Waals surface area contributed by atoms with E-state index in [0.717, 1.165) is 32.8 Å². The molecule has 0 radical (unpaired) electrons. The molecular weight excluding hydrogens is 336 g/mol. The van der Waals surface area contributed by atoms with E-state index in [1.807, 2.05) is 30.5 Å². The van der Waals surface area contributed by atoms with Gasteiger partial charge in [0, 0.05) is 28.1 Å². The predicted octanol–water partition coefficient (Wildman–Crippen LogP) is 4.07. The van der Waals surface area contributed by atoms with E-state index in [-0.39, 0.29) is 5.63 Å². The fraction of sp³-hybridized carbons (Fsp3) is 0.158. The molecule has 6 heteroatoms. The first-order chi connectivity index (χ1) is 12.2. The lowest BCUT2D eigenvalue weighted by Crippen LogP contribution is -2.32. The van der Waals surface area contributed by atoms with Gasteiger partial charge in [0.25, 0.3) is 0 Å². The number of benzene rings is 2. The van der Waals surface area contributed by atoms with Gasteiger partial charge in [-0.2, -0.15) is 0 Å². The van der Waals surface area contributed by atoms with Crippen molar-refractivity contribution in [2.45, 2.75) is 13.5 Å². The van der Waals surface area contributed by atoms with Crippen LogP contribution in [0.25, 0.3) is 21.7 Å². The lowest BCUT2D eigenvalue weighted by Gasteiger charge is -2.30. The Bertz CT molecular complexity index is 1160. The van der Waals surface area contributed by atoms with Gasteiger partial charge >= 0.3 is 5.63 Å². The van der Waals surface area contributed by atoms with Crippen molar-refractivity contribution in [3.8, 4) is 5.75 Å². The summed E-state index contributed by atoms with van der Waals surface area (Å²) in [5.41, 5.74) is 2.23. The number of aromatic nitrogens is 1. The van der Waals surface area contributed by atoms with Gasteiger partial charge in [-0.15, -0.1) is 11.3 Å². The van der Waals surface area contributed by atoms with Crippen LogP contribution in [0.2, 0.25) is 0 Å². The molecule has 5 rings (SSSR count). The Kier molecular flexibility index (Phi) is 3.08. The summed E-state index contributed by atoms with van der Waals surface area (Å²) in [5, 5.41) is 5.34. The maximum Gasteiger partial charge on any atom is 0.344 e. The van der Waals surface area contributed by atoms with Crippen molar-refractivity contribution in [3.05, 3.63) is 63.5 Å². The van der Waals surface area contributed by atoms with Gasteiger partial charge in [0.2, 0.25) is 0 Å². The van der Waals surface area contributed by atoms with Crippen LogP contribution in [0.4, 0.5) is 5.13 Å². The number of aryl methyl sites for hydroxylation is 1. The van der Waals surface area contributed by atoms with Crippen molar-refractivity contribution in [3.63, 3.8) is 0 Å². The highest BCUT2D eigenvalue weighted by atomic mass is 32.1. The molecule has 0 atom stereocenters. The highest BCUT2D eigenvalue weighted by Gasteiger charge is 2.24. The van der Waals surface area contributed by atoms with Crippen molar-refractivity contribution in [1.82, 2.24) is 4.98 Å². The summed E-state index contributed by atoms with van der Waals surface area (Å²) in [7, 11) is 0. The lowest BCUT2D eigenvalue weighted by molar-refractivity contribution is 0.287. The third-order valence-corrected chi connectivity index (χ3v) is 5.42. The van der Waals surface area contributed by atoms with E-state index < -0.39 is 0 Å². The number of rotatable bonds is 1. The van der Waals surface area contributed by atoms with E-state index >= 15 is 0 Å². The van der Waals surface area contributed by atoms with Crippen LogP contribution in [0.3, 0.4) is 0 Å². The molecule has 0 amide bonds. The number of fused-ring (bicyclic) bond motifs is 4. The molecule has 2 aromatic carbocycles. The largest absolute Gasteiger partial charge is 0.472 e. The van der Waals surface area contributed by atoms with Gasteiger partial charge in [0.15, 0.2) is 11.9 Å². The summed E-state index contributed by atoms with van der Waals surface area (Å²) in [6.45, 7) is 3.09. The summed E-state index contributed by atoms with van der Waals surface area (Å²) in [6, 6.07) is 9.62. The molecule has 0 saturated heterocycles. The molecule has 0 spiro atoms. The number of anilines is 1. The van der Waals surface area contributed by atoms with Crippen LogP contribution >= 0.6 is 11.3 Å². The molecule has 0 aliphatic carbocycles. The fourth-order valence-electron chi connectivity index (χ4n) is 3.43. The minimum Gasteiger partial charge on any atom is -0.472 e. The van der Waals surface area contributed by atoms with E-state index in [0.29, 0.717) is 24.2 Å². The molecule has 0 bridgehead atoms. The van der Waals surface area contributed by atoms with E-state index in [9.17, 15) is 4.79 Å². The van der Waals surface area contributed by atoms with Crippen LogP contribution in [0.1, 0.15) is 11.1 Å². The second kappa shape index (κ2) is 5.32. The first-order valence-electron chi connectivity index (χ1n) is 7.97. The summed E-state index contributed by atoms with van der Waals surface area (Å²) >= 11 is 1.59. The molecule has 2 aromatic heterocycles. The third kappa shape index (κ3) is 2.14. The molecule has 1 aliphatic heterocycles. The zero-order chi connectivity index (χ0) is 17.0. The van der Waals surface area contributed by atoms with Crippen LogP contribution in [-0.2, 0) is 6.54 Å². The molecule has 0 unspecified atom stereocenters. The third-order valence-electron chi connectivity index (χ3n) is 4.58. The summed E-state index contributed by atoms with van der Waals surface area (Å²) in [6.07, 6.45) is 1.79. The Balaban J connectivity index is 1.76. The quantitative estimate of drug-likeness (QED) is 0.383. The Morgan fingerprint density at radius 2 is 2.04 bits per heavy atom. The smallest absolute Gasteiger partial charge is 0.344 e. The van der Waals surface area contributed by atoms with Crippen LogP contribution in [0, 0.1) is 6.92 Å². The van der Waals surface area contributed by atoms with Gasteiger partial charge in [-0.25, -0.2) is 9.78 Å². The molecule has 4 aromatic rings. The minimum atomic E-state index is -0.314. The first-order valence-corrected chi connectivity index (χ1v) is 8.85. The van der Waals surface area contributed by atoms with Crippen molar-refractivity contribution < 1.29 is 9.15 Å². The van der Waals surface area contributed by atoms with E-state index in [2.05, 4.69) is 16.0 Å². The molecule has 3 heterocycles. The SMILES string of the molecule is Cc1c2c(cc3c1oc(=O)c1ccccc13)CN(c1nccs1)CO2. The molecule has 0 fully saturated rings. The number of hydrogen-bond donors (Lipinski definition) is 0. The van der Waals surface area contributed by atoms with E-state index in [4.69, 9.17) is 9.15 Å². The zero-order valence-electron chi connectivity index (χ0n) is 13.5. The van der Waals surface area contributed by atoms with Gasteiger partial charge < -0.3 is 14.1 Å². The van der Waals surface area contributed by atoms with Crippen LogP contribution in [0.5, 0.6) is 5.75 Å². The van der Waals surface area contributed by atoms with Crippen molar-refractivity contribution in [2.24, 2.45) is 0 Å². The second-order valence-corrected chi connectivity index (χ2v) is 6.96. The predicted molar refractivity (Wildman–Crippen MR) is 98.5 cm³/mol. The number of thiazole rings is 1.